The van der Waals surface area contributed by atoms with Crippen molar-refractivity contribution in [3.8, 4) is 11.5 Å². The summed E-state index contributed by atoms with van der Waals surface area (Å²) in [6, 6.07) is 6.31. The first-order valence-electron chi connectivity index (χ1n) is 7.95. The van der Waals surface area contributed by atoms with Gasteiger partial charge in [0.25, 0.3) is 20.2 Å². The molecule has 4 N–H and O–H groups in total. The fraction of sp³-hybridized carbons (Fsp3) is 0.250. The number of benzene rings is 2. The molecule has 0 aliphatic rings. The van der Waals surface area contributed by atoms with Crippen LogP contribution in [0.5, 0.6) is 11.5 Å². The fourth-order valence-electron chi connectivity index (χ4n) is 2.33. The summed E-state index contributed by atoms with van der Waals surface area (Å²) >= 11 is 0. The van der Waals surface area contributed by atoms with Gasteiger partial charge in [0.2, 0.25) is 0 Å². The third-order valence-corrected chi connectivity index (χ3v) is 5.47. The van der Waals surface area contributed by atoms with Crippen molar-refractivity contribution >= 4 is 20.2 Å². The monoisotopic (exact) mass is 476 g/mol. The molecular formula is C16H18N2Na2O8S2. The van der Waals surface area contributed by atoms with Crippen LogP contribution in [0.4, 0.5) is 0 Å². The van der Waals surface area contributed by atoms with Gasteiger partial charge in [-0.25, -0.2) is 0 Å². The van der Waals surface area contributed by atoms with Crippen LogP contribution in [-0.2, 0) is 33.3 Å². The van der Waals surface area contributed by atoms with Crippen molar-refractivity contribution in [2.75, 3.05) is 13.1 Å². The smallest absolute Gasteiger partial charge is 0.872 e. The second-order valence-corrected chi connectivity index (χ2v) is 8.69. The zero-order valence-corrected chi connectivity index (χ0v) is 22.1. The molecule has 0 amide bonds. The molecule has 0 saturated heterocycles. The topological polar surface area (TPSA) is 179 Å². The molecule has 0 bridgehead atoms. The molecular weight excluding hydrogens is 458 g/mol. The SMILES string of the molecule is O=S(=O)(O)c1ccc([O-])c(CNCCNCc2cc(S(=O)(=O)O)ccc2[O-])c1.[Na+].[Na+]. The van der Waals surface area contributed by atoms with Gasteiger partial charge in [-0.15, -0.1) is 11.5 Å². The van der Waals surface area contributed by atoms with E-state index in [1.807, 2.05) is 0 Å². The van der Waals surface area contributed by atoms with Crippen LogP contribution < -0.4 is 80.0 Å². The molecule has 154 valence electrons. The molecule has 30 heavy (non-hydrogen) atoms. The molecule has 0 fully saturated rings. The van der Waals surface area contributed by atoms with Gasteiger partial charge in [-0.3, -0.25) is 9.11 Å². The molecule has 0 spiro atoms. The van der Waals surface area contributed by atoms with Crippen LogP contribution in [0.3, 0.4) is 0 Å². The van der Waals surface area contributed by atoms with E-state index >= 15 is 0 Å². The van der Waals surface area contributed by atoms with Gasteiger partial charge in [0.05, 0.1) is 9.79 Å². The van der Waals surface area contributed by atoms with E-state index in [1.165, 1.54) is 0 Å². The summed E-state index contributed by atoms with van der Waals surface area (Å²) in [5, 5.41) is 29.2. The van der Waals surface area contributed by atoms with E-state index in [2.05, 4.69) is 10.6 Å². The Morgan fingerprint density at radius 3 is 1.33 bits per heavy atom. The van der Waals surface area contributed by atoms with Crippen molar-refractivity contribution < 1.29 is 95.3 Å². The van der Waals surface area contributed by atoms with Crippen molar-refractivity contribution in [1.82, 2.24) is 10.6 Å². The Morgan fingerprint density at radius 2 is 1.03 bits per heavy atom. The second kappa shape index (κ2) is 12.7. The maximum atomic E-state index is 11.7. The zero-order chi connectivity index (χ0) is 20.9. The van der Waals surface area contributed by atoms with E-state index in [0.717, 1.165) is 36.4 Å². The van der Waals surface area contributed by atoms with Crippen LogP contribution in [0, 0.1) is 0 Å². The number of rotatable bonds is 9. The summed E-state index contributed by atoms with van der Waals surface area (Å²) in [6.45, 7) is 0.827. The Hall–Kier alpha value is -0.220. The first-order valence-corrected chi connectivity index (χ1v) is 10.8. The number of nitrogens with one attached hydrogen (secondary N) is 2. The minimum atomic E-state index is -4.40. The van der Waals surface area contributed by atoms with E-state index in [9.17, 15) is 27.0 Å². The van der Waals surface area contributed by atoms with Gasteiger partial charge in [-0.1, -0.05) is 12.1 Å². The van der Waals surface area contributed by atoms with E-state index in [-0.39, 0.29) is 105 Å². The summed E-state index contributed by atoms with van der Waals surface area (Å²) in [5.74, 6) is -0.767. The number of hydrogen-bond acceptors (Lipinski definition) is 8. The Kier molecular flexibility index (Phi) is 12.6. The van der Waals surface area contributed by atoms with Crippen LogP contribution in [0.25, 0.3) is 0 Å². The van der Waals surface area contributed by atoms with Gasteiger partial charge >= 0.3 is 59.1 Å². The summed E-state index contributed by atoms with van der Waals surface area (Å²) in [5.41, 5.74) is 0.329. The van der Waals surface area contributed by atoms with Crippen LogP contribution in [0.15, 0.2) is 46.2 Å². The number of hydrogen-bond donors (Lipinski definition) is 4. The van der Waals surface area contributed by atoms with Crippen LogP contribution in [-0.4, -0.2) is 39.0 Å². The van der Waals surface area contributed by atoms with Crippen molar-refractivity contribution in [3.05, 3.63) is 47.5 Å². The third-order valence-electron chi connectivity index (χ3n) is 3.77. The summed E-state index contributed by atoms with van der Waals surface area (Å²) in [4.78, 5) is -0.743. The second-order valence-electron chi connectivity index (χ2n) is 5.84. The first-order chi connectivity index (χ1) is 13.0. The molecule has 0 atom stereocenters. The Labute approximate surface area is 219 Å². The van der Waals surface area contributed by atoms with Gasteiger partial charge in [0.15, 0.2) is 0 Å². The van der Waals surface area contributed by atoms with E-state index < -0.39 is 20.2 Å². The largest absolute Gasteiger partial charge is 1.00 e. The van der Waals surface area contributed by atoms with Crippen LogP contribution in [0.2, 0.25) is 0 Å². The Bertz CT molecular complexity index is 977. The van der Waals surface area contributed by atoms with E-state index in [4.69, 9.17) is 9.11 Å². The van der Waals surface area contributed by atoms with Crippen molar-refractivity contribution in [2.24, 2.45) is 0 Å². The average molecular weight is 476 g/mol. The Balaban J connectivity index is 0.00000420. The van der Waals surface area contributed by atoms with Crippen LogP contribution in [0.1, 0.15) is 11.1 Å². The molecule has 2 rings (SSSR count). The van der Waals surface area contributed by atoms with Gasteiger partial charge in [-0.05, 0) is 35.4 Å². The standard InChI is InChI=1S/C16H20N2O8S2.2Na/c19-15-3-1-13(27(21,22)23)7-11(15)9-17-5-6-18-10-12-8-14(28(24,25)26)2-4-16(12)20;;/h1-4,7-8,17-20H,5-6,9-10H2,(H,21,22,23)(H,24,25,26);;/q;2*+1/p-2. The molecule has 0 aliphatic heterocycles. The van der Waals surface area contributed by atoms with Crippen LogP contribution >= 0.6 is 0 Å². The molecule has 0 unspecified atom stereocenters. The minimum Gasteiger partial charge on any atom is -0.872 e. The molecule has 0 radical (unpaired) electrons. The van der Waals surface area contributed by atoms with Gasteiger partial charge in [-0.2, -0.15) is 16.8 Å². The summed E-state index contributed by atoms with van der Waals surface area (Å²) < 4.78 is 62.4. The molecule has 0 heterocycles. The zero-order valence-electron chi connectivity index (χ0n) is 16.5. The molecule has 10 nitrogen and oxygen atoms in total. The van der Waals surface area contributed by atoms with E-state index in [0.29, 0.717) is 13.1 Å². The van der Waals surface area contributed by atoms with Crippen molar-refractivity contribution in [1.29, 1.82) is 0 Å². The maximum Gasteiger partial charge on any atom is 1.00 e. The summed E-state index contributed by atoms with van der Waals surface area (Å²) in [7, 11) is -8.80. The van der Waals surface area contributed by atoms with Gasteiger partial charge in [0.1, 0.15) is 0 Å². The summed E-state index contributed by atoms with van der Waals surface area (Å²) in [6.07, 6.45) is 0. The maximum absolute atomic E-state index is 11.7. The van der Waals surface area contributed by atoms with Gasteiger partial charge < -0.3 is 20.8 Å². The quantitative estimate of drug-likeness (QED) is 0.154. The molecule has 0 aromatic heterocycles. The van der Waals surface area contributed by atoms with Crippen molar-refractivity contribution in [2.45, 2.75) is 22.9 Å². The predicted octanol–water partition coefficient (Wildman–Crippen LogP) is -6.79. The predicted molar refractivity (Wildman–Crippen MR) is 94.8 cm³/mol. The van der Waals surface area contributed by atoms with E-state index in [1.54, 1.807) is 0 Å². The molecule has 0 saturated carbocycles. The normalized spacial score (nSPS) is 11.4. The third kappa shape index (κ3) is 9.10. The molecule has 2 aromatic rings. The molecule has 0 aliphatic carbocycles. The fourth-order valence-corrected chi connectivity index (χ4v) is 3.39. The Morgan fingerprint density at radius 1 is 0.700 bits per heavy atom. The molecule has 2 aromatic carbocycles. The van der Waals surface area contributed by atoms with Gasteiger partial charge in [0, 0.05) is 26.2 Å². The average Bonchev–Trinajstić information content (AvgIpc) is 2.58. The minimum absolute atomic E-state index is 0. The van der Waals surface area contributed by atoms with Crippen molar-refractivity contribution in [3.63, 3.8) is 0 Å². The first kappa shape index (κ1) is 29.8. The molecule has 14 heteroatoms.